The number of fused-ring (bicyclic) bond motifs is 12. The Morgan fingerprint density at radius 1 is 0.300 bits per heavy atom. The average Bonchev–Trinajstić information content (AvgIpc) is 1.34. The summed E-state index contributed by atoms with van der Waals surface area (Å²) in [5.41, 5.74) is 8.12. The number of para-hydroxylation sites is 5. The van der Waals surface area contributed by atoms with Crippen LogP contribution in [0.3, 0.4) is 0 Å². The summed E-state index contributed by atoms with van der Waals surface area (Å²) in [5, 5.41) is 16.6. The van der Waals surface area contributed by atoms with Crippen molar-refractivity contribution in [1.29, 1.82) is 0 Å². The Balaban J connectivity index is 1.00. The van der Waals surface area contributed by atoms with Crippen molar-refractivity contribution in [3.63, 3.8) is 0 Å². The molecule has 18 rings (SSSR count). The quantitative estimate of drug-likeness (QED) is 0.101. The SMILES string of the molecule is c1ccc(-n2c3ccccc3c3c2ccc2c4ccc([Si](c5ccccc5)(c5ccccc5)c5ccccc5)cc4n(-c4nc(-c5ccc6c(c5)[Si](c5ccccc5)(c5ccccc5)c5ccccc5O6)nc(-n5c6ccccc6c6ccccc65)n4)c23)cc1. The molecule has 4 aromatic heterocycles. The highest BCUT2D eigenvalue weighted by molar-refractivity contribution is 7.21. The summed E-state index contributed by atoms with van der Waals surface area (Å²) in [6.45, 7) is 0. The molecule has 0 radical (unpaired) electrons. The predicted octanol–water partition coefficient (Wildman–Crippen LogP) is 13.7. The summed E-state index contributed by atoms with van der Waals surface area (Å²) in [7, 11) is -6.21. The van der Waals surface area contributed by atoms with Gasteiger partial charge in [0.2, 0.25) is 11.9 Å². The normalized spacial score (nSPS) is 12.8. The van der Waals surface area contributed by atoms with Crippen LogP contribution in [0.2, 0.25) is 0 Å². The number of ether oxygens (including phenoxy) is 1. The van der Waals surface area contributed by atoms with Gasteiger partial charge in [0.05, 0.1) is 33.1 Å². The predicted molar refractivity (Wildman–Crippen MR) is 376 cm³/mol. The van der Waals surface area contributed by atoms with Gasteiger partial charge in [-0.2, -0.15) is 15.0 Å². The van der Waals surface area contributed by atoms with E-state index in [4.69, 9.17) is 19.7 Å². The molecular formula is C81H54N6OSi2. The first-order valence-corrected chi connectivity index (χ1v) is 34.7. The molecule has 0 fully saturated rings. The summed E-state index contributed by atoms with van der Waals surface area (Å²) in [6, 6.07) is 120. The highest BCUT2D eigenvalue weighted by Crippen LogP contribution is 2.43. The zero-order chi connectivity index (χ0) is 59.3. The van der Waals surface area contributed by atoms with Crippen molar-refractivity contribution in [2.45, 2.75) is 0 Å². The van der Waals surface area contributed by atoms with Gasteiger partial charge in [-0.1, -0.05) is 261 Å². The Bertz CT molecular complexity index is 5450. The van der Waals surface area contributed by atoms with Crippen LogP contribution in [0, 0.1) is 0 Å². The number of hydrogen-bond acceptors (Lipinski definition) is 4. The van der Waals surface area contributed by atoms with Gasteiger partial charge in [0.15, 0.2) is 22.0 Å². The molecule has 9 heteroatoms. The van der Waals surface area contributed by atoms with Crippen molar-refractivity contribution in [2.75, 3.05) is 0 Å². The number of hydrogen-bond donors (Lipinski definition) is 0. The lowest BCUT2D eigenvalue weighted by Crippen LogP contribution is -2.76. The van der Waals surface area contributed by atoms with Crippen LogP contribution in [0.25, 0.3) is 94.4 Å². The number of aromatic nitrogens is 6. The Morgan fingerprint density at radius 3 is 1.37 bits per heavy atom. The third kappa shape index (κ3) is 7.60. The maximum absolute atomic E-state index is 7.04. The van der Waals surface area contributed by atoms with E-state index in [1.807, 2.05) is 0 Å². The molecule has 17 aromatic rings. The molecule has 0 saturated carbocycles. The van der Waals surface area contributed by atoms with Crippen LogP contribution in [0.1, 0.15) is 0 Å². The molecule has 0 saturated heterocycles. The second-order valence-electron chi connectivity index (χ2n) is 23.4. The molecular weight excluding hydrogens is 1130 g/mol. The van der Waals surface area contributed by atoms with Crippen molar-refractivity contribution in [1.82, 2.24) is 28.7 Å². The van der Waals surface area contributed by atoms with E-state index in [1.54, 1.807) is 0 Å². The van der Waals surface area contributed by atoms with Crippen molar-refractivity contribution < 1.29 is 4.74 Å². The maximum Gasteiger partial charge on any atom is 0.240 e. The summed E-state index contributed by atoms with van der Waals surface area (Å²) in [6.07, 6.45) is 0. The largest absolute Gasteiger partial charge is 0.458 e. The van der Waals surface area contributed by atoms with Gasteiger partial charge in [0.1, 0.15) is 11.5 Å². The minimum atomic E-state index is -3.11. The highest BCUT2D eigenvalue weighted by atomic mass is 28.3. The van der Waals surface area contributed by atoms with E-state index in [-0.39, 0.29) is 0 Å². The van der Waals surface area contributed by atoms with Crippen molar-refractivity contribution in [3.05, 3.63) is 328 Å². The molecule has 13 aromatic carbocycles. The lowest BCUT2D eigenvalue weighted by atomic mass is 10.1. The lowest BCUT2D eigenvalue weighted by molar-refractivity contribution is 0.487. The summed E-state index contributed by atoms with van der Waals surface area (Å²) >= 11 is 0. The van der Waals surface area contributed by atoms with Crippen LogP contribution in [0.15, 0.2) is 328 Å². The summed E-state index contributed by atoms with van der Waals surface area (Å²) in [5.74, 6) is 3.24. The lowest BCUT2D eigenvalue weighted by Gasteiger charge is -2.39. The van der Waals surface area contributed by atoms with Crippen LogP contribution in [0.5, 0.6) is 11.5 Å². The van der Waals surface area contributed by atoms with Gasteiger partial charge < -0.3 is 9.30 Å². The Labute approximate surface area is 521 Å². The second kappa shape index (κ2) is 20.6. The first-order chi connectivity index (χ1) is 44.7. The molecule has 0 aliphatic carbocycles. The molecule has 0 amide bonds. The third-order valence-electron chi connectivity index (χ3n) is 18.8. The first kappa shape index (κ1) is 51.7. The van der Waals surface area contributed by atoms with E-state index < -0.39 is 16.1 Å². The number of nitrogens with zero attached hydrogens (tertiary/aromatic N) is 6. The van der Waals surface area contributed by atoms with Gasteiger partial charge >= 0.3 is 0 Å². The number of rotatable bonds is 10. The maximum atomic E-state index is 7.04. The fourth-order valence-electron chi connectivity index (χ4n) is 15.1. The molecule has 90 heavy (non-hydrogen) atoms. The van der Waals surface area contributed by atoms with Crippen molar-refractivity contribution in [3.8, 4) is 40.5 Å². The van der Waals surface area contributed by atoms with E-state index in [9.17, 15) is 0 Å². The van der Waals surface area contributed by atoms with Crippen LogP contribution in [0.4, 0.5) is 0 Å². The molecule has 7 nitrogen and oxygen atoms in total. The zero-order valence-electron chi connectivity index (χ0n) is 48.8. The van der Waals surface area contributed by atoms with Crippen LogP contribution >= 0.6 is 0 Å². The molecule has 0 unspecified atom stereocenters. The van der Waals surface area contributed by atoms with Crippen molar-refractivity contribution >= 4 is 123 Å². The van der Waals surface area contributed by atoms with Crippen LogP contribution < -0.4 is 46.2 Å². The zero-order valence-corrected chi connectivity index (χ0v) is 50.8. The molecule has 0 atom stereocenters. The Kier molecular flexibility index (Phi) is 11.8. The van der Waals surface area contributed by atoms with E-state index >= 15 is 0 Å². The molecule has 0 bridgehead atoms. The third-order valence-corrected chi connectivity index (χ3v) is 28.4. The Morgan fingerprint density at radius 2 is 0.767 bits per heavy atom. The molecule has 1 aliphatic rings. The standard InChI is InChI=1S/C81H54N6OSi2/c1-7-27-56(28-8-1)85-70-44-24-21-41-67(70)77-71(85)51-50-66-65-49-48-62(89(57-29-9-2-10-30-57,58-31-11-3-12-32-58)59-33-13-4-14-34-59)54-72(65)87(78(66)77)81-83-79(82-80(84-81)86-68-42-22-19-39-63(68)64-40-20-23-43-69(64)86)55-47-52-74-76(53-55)90(60-35-15-5-16-36-60,61-37-17-6-18-38-61)75-46-26-25-45-73(75)88-74/h1-54H. The van der Waals surface area contributed by atoms with Gasteiger partial charge in [0, 0.05) is 43.6 Å². The smallest absolute Gasteiger partial charge is 0.240 e. The molecule has 1 aliphatic heterocycles. The summed E-state index contributed by atoms with van der Waals surface area (Å²) < 4.78 is 14.1. The van der Waals surface area contributed by atoms with Gasteiger partial charge in [-0.15, -0.1) is 0 Å². The average molecular weight is 1180 g/mol. The van der Waals surface area contributed by atoms with E-state index in [0.717, 1.165) is 93.4 Å². The molecule has 0 spiro atoms. The fraction of sp³-hybridized carbons (Fsp3) is 0. The van der Waals surface area contributed by atoms with Gasteiger partial charge in [-0.25, -0.2) is 0 Å². The van der Waals surface area contributed by atoms with E-state index in [1.165, 1.54) is 36.3 Å². The minimum Gasteiger partial charge on any atom is -0.458 e. The minimum absolute atomic E-state index is 0.499. The fourth-order valence-corrected chi connectivity index (χ4v) is 24.8. The van der Waals surface area contributed by atoms with Crippen LogP contribution in [-0.4, -0.2) is 44.8 Å². The second-order valence-corrected chi connectivity index (χ2v) is 30.9. The summed E-state index contributed by atoms with van der Waals surface area (Å²) in [4.78, 5) is 17.6. The van der Waals surface area contributed by atoms with Crippen LogP contribution in [-0.2, 0) is 0 Å². The van der Waals surface area contributed by atoms with E-state index in [0.29, 0.717) is 17.7 Å². The molecule has 5 heterocycles. The molecule has 0 N–H and O–H groups in total. The number of benzene rings is 13. The topological polar surface area (TPSA) is 62.7 Å². The Hall–Kier alpha value is -11.5. The highest BCUT2D eigenvalue weighted by Gasteiger charge is 2.48. The van der Waals surface area contributed by atoms with Gasteiger partial charge in [0.25, 0.3) is 0 Å². The first-order valence-electron chi connectivity index (χ1n) is 30.7. The molecule has 422 valence electrons. The monoisotopic (exact) mass is 1180 g/mol. The van der Waals surface area contributed by atoms with Gasteiger partial charge in [-0.3, -0.25) is 9.13 Å². The van der Waals surface area contributed by atoms with E-state index in [2.05, 4.69) is 341 Å². The van der Waals surface area contributed by atoms with Gasteiger partial charge in [-0.05, 0) is 108 Å². The van der Waals surface area contributed by atoms with Crippen molar-refractivity contribution in [2.24, 2.45) is 0 Å².